The van der Waals surface area contributed by atoms with Gasteiger partial charge in [-0.2, -0.15) is 13.2 Å². The molecule has 0 bridgehead atoms. The highest BCUT2D eigenvalue weighted by Crippen LogP contribution is 2.35. The van der Waals surface area contributed by atoms with E-state index in [1.165, 1.54) is 30.3 Å². The van der Waals surface area contributed by atoms with Crippen molar-refractivity contribution in [1.82, 2.24) is 20.0 Å². The molecule has 0 radical (unpaired) electrons. The summed E-state index contributed by atoms with van der Waals surface area (Å²) in [5, 5.41) is 5.50. The number of Topliss-reactive ketones (excluding diaryl/α,β-unsaturated/α-hetero) is 1. The van der Waals surface area contributed by atoms with Gasteiger partial charge in [-0.3, -0.25) is 14.6 Å². The Hall–Kier alpha value is -6.00. The minimum atomic E-state index is -4.88. The van der Waals surface area contributed by atoms with E-state index in [2.05, 4.69) is 14.6 Å². The van der Waals surface area contributed by atoms with Gasteiger partial charge >= 0.3 is 24.1 Å². The summed E-state index contributed by atoms with van der Waals surface area (Å²) in [6.07, 6.45) is -5.92. The number of carbonyl (C=O) groups excluding carboxylic acids is 3. The molecule has 24 heteroatoms. The number of nitrogens with zero attached hydrogens (tertiary/aromatic N) is 6. The molecule has 2 aliphatic heterocycles. The summed E-state index contributed by atoms with van der Waals surface area (Å²) in [5.74, 6) is -12.0. The van der Waals surface area contributed by atoms with Crippen LogP contribution in [0.4, 0.5) is 69.3 Å². The van der Waals surface area contributed by atoms with E-state index in [1.807, 2.05) is 0 Å². The Morgan fingerprint density at radius 3 is 1.54 bits per heavy atom. The molecule has 2 saturated heterocycles. The zero-order valence-electron chi connectivity index (χ0n) is 33.1. The molecule has 2 N–H and O–H groups in total. The fourth-order valence-electron chi connectivity index (χ4n) is 6.55. The summed E-state index contributed by atoms with van der Waals surface area (Å²) in [6, 6.07) is 11.8. The Kier molecular flexibility index (Phi) is 14.3. The molecule has 4 amide bonds. The van der Waals surface area contributed by atoms with Gasteiger partial charge in [-0.05, 0) is 54.6 Å². The second-order valence-corrected chi connectivity index (χ2v) is 15.5. The van der Waals surface area contributed by atoms with E-state index in [0.717, 1.165) is 62.1 Å². The average Bonchev–Trinajstić information content (AvgIpc) is 4.00. The fourth-order valence-corrected chi connectivity index (χ4v) is 6.90. The molecule has 3 heterocycles. The van der Waals surface area contributed by atoms with Gasteiger partial charge in [0, 0.05) is 59.6 Å². The lowest BCUT2D eigenvalue weighted by atomic mass is 10.1. The topological polar surface area (TPSA) is 129 Å². The normalized spacial score (nSPS) is 15.4. The molecule has 346 valence electrons. The summed E-state index contributed by atoms with van der Waals surface area (Å²) in [4.78, 5) is 41.5. The van der Waals surface area contributed by atoms with Crippen molar-refractivity contribution >= 4 is 52.4 Å². The van der Waals surface area contributed by atoms with E-state index in [1.54, 1.807) is 0 Å². The Morgan fingerprint density at radius 2 is 1.15 bits per heavy atom. The van der Waals surface area contributed by atoms with E-state index >= 15 is 0 Å². The molecule has 4 aromatic carbocycles. The maximum absolute atomic E-state index is 14.9. The maximum atomic E-state index is 14.9. The number of likely N-dealkylation sites (tertiary alicyclic amines) is 2. The van der Waals surface area contributed by atoms with Crippen LogP contribution in [0.1, 0.15) is 40.2 Å². The van der Waals surface area contributed by atoms with Crippen LogP contribution in [0.2, 0.25) is 10.0 Å². The molecule has 65 heavy (non-hydrogen) atoms. The van der Waals surface area contributed by atoms with Crippen LogP contribution < -0.4 is 15.5 Å². The van der Waals surface area contributed by atoms with Gasteiger partial charge < -0.3 is 20.0 Å². The minimum Gasteiger partial charge on any atom is -0.413 e. The molecule has 7 rings (SSSR count). The molecule has 2 fully saturated rings. The van der Waals surface area contributed by atoms with E-state index in [-0.39, 0.29) is 69.9 Å². The van der Waals surface area contributed by atoms with Gasteiger partial charge in [0.25, 0.3) is 11.8 Å². The predicted molar refractivity (Wildman–Crippen MR) is 213 cm³/mol. The molecule has 0 saturated carbocycles. The van der Waals surface area contributed by atoms with Crippen LogP contribution in [0, 0.1) is 23.3 Å². The van der Waals surface area contributed by atoms with E-state index in [4.69, 9.17) is 28.9 Å². The van der Waals surface area contributed by atoms with Crippen LogP contribution >= 0.6 is 23.2 Å². The van der Waals surface area contributed by atoms with Crippen molar-refractivity contribution in [3.8, 4) is 11.5 Å². The molecule has 0 spiro atoms. The van der Waals surface area contributed by atoms with Crippen LogP contribution in [-0.2, 0) is 19.3 Å². The first-order valence-corrected chi connectivity index (χ1v) is 19.7. The lowest BCUT2D eigenvalue weighted by molar-refractivity contribution is -0.156. The molecule has 1 aromatic heterocycles. The van der Waals surface area contributed by atoms with Crippen LogP contribution in [0.3, 0.4) is 0 Å². The Balaban J connectivity index is 0.000000218. The number of carbonyl (C=O) groups is 3. The average molecular weight is 967 g/mol. The number of anilines is 2. The number of amides is 4. The van der Waals surface area contributed by atoms with Crippen molar-refractivity contribution in [2.45, 2.75) is 44.0 Å². The van der Waals surface area contributed by atoms with Crippen molar-refractivity contribution < 1.29 is 67.1 Å². The second kappa shape index (κ2) is 19.2. The second-order valence-electron chi connectivity index (χ2n) is 14.6. The van der Waals surface area contributed by atoms with Gasteiger partial charge in [0.2, 0.25) is 5.89 Å². The zero-order chi connectivity index (χ0) is 47.6. The highest BCUT2D eigenvalue weighted by Gasteiger charge is 2.43. The summed E-state index contributed by atoms with van der Waals surface area (Å²) < 4.78 is 154. The molecule has 0 unspecified atom stereocenters. The van der Waals surface area contributed by atoms with Gasteiger partial charge in [0.15, 0.2) is 5.78 Å². The Morgan fingerprint density at radius 1 is 0.677 bits per heavy atom. The zero-order valence-corrected chi connectivity index (χ0v) is 34.6. The van der Waals surface area contributed by atoms with Gasteiger partial charge in [0.1, 0.15) is 23.3 Å². The van der Waals surface area contributed by atoms with E-state index in [0.29, 0.717) is 0 Å². The van der Waals surface area contributed by atoms with Crippen LogP contribution in [-0.4, -0.2) is 82.4 Å². The number of hydrogen-bond donors (Lipinski definition) is 1. The number of nitrogens with two attached hydrogens (primary N) is 1. The third kappa shape index (κ3) is 11.6. The number of rotatable bonds is 9. The monoisotopic (exact) mass is 965 g/mol. The number of halogens is 13. The maximum Gasteiger partial charge on any atom is 0.470 e. The predicted octanol–water partition coefficient (Wildman–Crippen LogP) is 10.4. The fraction of sp³-hybridized carbons (Fsp3) is 0.293. The number of ketones is 1. The lowest BCUT2D eigenvalue weighted by Crippen LogP contribution is -2.43. The molecular weight excluding hydrogens is 934 g/mol. The SMILES string of the molecule is NCC(=O)c1ccc(CN(C(=O)N2CCC(F)(F)C2)c2ccc(F)c(Cl)c2)c(F)c1.O=C(N1CCC(F)(F)C1)N(Cc1ccc(-c2nnc(C(F)(F)F)o2)cc1F)c1ccc(F)c(Cl)c1. The summed E-state index contributed by atoms with van der Waals surface area (Å²) in [7, 11) is 0. The number of benzene rings is 4. The van der Waals surface area contributed by atoms with Gasteiger partial charge in [-0.1, -0.05) is 41.4 Å². The van der Waals surface area contributed by atoms with Gasteiger partial charge in [-0.15, -0.1) is 10.2 Å². The number of aromatic nitrogens is 2. The van der Waals surface area contributed by atoms with Crippen LogP contribution in [0.25, 0.3) is 11.5 Å². The van der Waals surface area contributed by atoms with Crippen molar-refractivity contribution in [1.29, 1.82) is 0 Å². The largest absolute Gasteiger partial charge is 0.470 e. The number of alkyl halides is 7. The highest BCUT2D eigenvalue weighted by atomic mass is 35.5. The Labute approximate surface area is 371 Å². The molecule has 5 aromatic rings. The minimum absolute atomic E-state index is 0.0202. The first kappa shape index (κ1) is 48.5. The lowest BCUT2D eigenvalue weighted by Gasteiger charge is -2.28. The number of urea groups is 2. The smallest absolute Gasteiger partial charge is 0.413 e. The molecule has 2 aliphatic rings. The van der Waals surface area contributed by atoms with E-state index < -0.39 is 103 Å². The van der Waals surface area contributed by atoms with Crippen LogP contribution in [0.15, 0.2) is 77.2 Å². The van der Waals surface area contributed by atoms with Crippen molar-refractivity contribution in [2.75, 3.05) is 42.5 Å². The van der Waals surface area contributed by atoms with Crippen molar-refractivity contribution in [3.05, 3.63) is 129 Å². The molecular formula is C41H32Cl2F11N7O4. The first-order valence-electron chi connectivity index (χ1n) is 18.9. The standard InChI is InChI=1S/C21H14ClF7N4O2.C20H18ClF4N3O2/c22-14-8-13(3-4-15(14)23)33(19(34)32-6-5-20(25,26)10-32)9-12-2-1-11(7-16(12)24)17-30-31-18(35-17)21(27,28)29;21-15-8-14(3-4-16(15)22)28(19(30)27-6-5-20(24,25)11-27)10-13-2-1-12(7-17(13)23)18(29)9-26/h1-4,7-8H,5-6,9-10H2;1-4,7-8H,5-6,9-11,26H2. The van der Waals surface area contributed by atoms with Gasteiger partial charge in [-0.25, -0.2) is 44.7 Å². The van der Waals surface area contributed by atoms with E-state index in [9.17, 15) is 62.7 Å². The summed E-state index contributed by atoms with van der Waals surface area (Å²) in [6.45, 7) is -3.17. The third-order valence-electron chi connectivity index (χ3n) is 9.96. The molecule has 0 aliphatic carbocycles. The quantitative estimate of drug-likeness (QED) is 0.115. The molecule has 0 atom stereocenters. The third-order valence-corrected chi connectivity index (χ3v) is 10.5. The molecule has 11 nitrogen and oxygen atoms in total. The summed E-state index contributed by atoms with van der Waals surface area (Å²) >= 11 is 11.6. The highest BCUT2D eigenvalue weighted by molar-refractivity contribution is 6.31. The number of hydrogen-bond acceptors (Lipinski definition) is 7. The van der Waals surface area contributed by atoms with Gasteiger partial charge in [0.05, 0.1) is 42.8 Å². The van der Waals surface area contributed by atoms with Crippen molar-refractivity contribution in [2.24, 2.45) is 5.73 Å². The Bertz CT molecular complexity index is 2600. The summed E-state index contributed by atoms with van der Waals surface area (Å²) in [5.41, 5.74) is 5.23. The van der Waals surface area contributed by atoms with Crippen molar-refractivity contribution in [3.63, 3.8) is 0 Å². The first-order chi connectivity index (χ1) is 30.4. The van der Waals surface area contributed by atoms with Crippen LogP contribution in [0.5, 0.6) is 0 Å².